The van der Waals surface area contributed by atoms with E-state index in [1.165, 1.54) is 19.1 Å². The SMILES string of the molecule is CNCc1cc(-c2cc(F)c(C)cc2F)ccc1Cl. The van der Waals surface area contributed by atoms with Crippen LogP contribution >= 0.6 is 11.6 Å². The molecule has 2 aromatic carbocycles. The Kier molecular flexibility index (Phi) is 4.17. The molecular formula is C15H14ClF2N. The molecule has 0 saturated heterocycles. The Morgan fingerprint density at radius 2 is 1.84 bits per heavy atom. The van der Waals surface area contributed by atoms with Crippen molar-refractivity contribution in [2.75, 3.05) is 7.05 Å². The van der Waals surface area contributed by atoms with E-state index in [4.69, 9.17) is 11.6 Å². The Morgan fingerprint density at radius 3 is 2.53 bits per heavy atom. The fraction of sp³-hybridized carbons (Fsp3) is 0.200. The first kappa shape index (κ1) is 14.0. The summed E-state index contributed by atoms with van der Waals surface area (Å²) >= 11 is 6.05. The van der Waals surface area contributed by atoms with Crippen molar-refractivity contribution < 1.29 is 8.78 Å². The average molecular weight is 282 g/mol. The van der Waals surface area contributed by atoms with E-state index >= 15 is 0 Å². The molecule has 19 heavy (non-hydrogen) atoms. The molecule has 0 heterocycles. The van der Waals surface area contributed by atoms with Gasteiger partial charge in [-0.05, 0) is 54.9 Å². The number of aryl methyl sites for hydroxylation is 1. The molecule has 4 heteroatoms. The zero-order chi connectivity index (χ0) is 14.0. The molecule has 100 valence electrons. The Morgan fingerprint density at radius 1 is 1.11 bits per heavy atom. The zero-order valence-corrected chi connectivity index (χ0v) is 11.5. The molecule has 0 fully saturated rings. The first-order valence-corrected chi connectivity index (χ1v) is 6.29. The molecule has 2 aromatic rings. The number of rotatable bonds is 3. The van der Waals surface area contributed by atoms with Crippen LogP contribution in [0.25, 0.3) is 11.1 Å². The van der Waals surface area contributed by atoms with Gasteiger partial charge in [-0.3, -0.25) is 0 Å². The Balaban J connectivity index is 2.53. The van der Waals surface area contributed by atoms with Crippen LogP contribution in [0.2, 0.25) is 5.02 Å². The van der Waals surface area contributed by atoms with Crippen LogP contribution in [0.5, 0.6) is 0 Å². The summed E-state index contributed by atoms with van der Waals surface area (Å²) in [6, 6.07) is 7.58. The first-order valence-electron chi connectivity index (χ1n) is 5.92. The van der Waals surface area contributed by atoms with Gasteiger partial charge in [0.05, 0.1) is 0 Å². The van der Waals surface area contributed by atoms with Crippen LogP contribution in [0.15, 0.2) is 30.3 Å². The summed E-state index contributed by atoms with van der Waals surface area (Å²) in [4.78, 5) is 0. The van der Waals surface area contributed by atoms with E-state index in [0.29, 0.717) is 22.7 Å². The van der Waals surface area contributed by atoms with Crippen molar-refractivity contribution in [2.24, 2.45) is 0 Å². The third-order valence-corrected chi connectivity index (χ3v) is 3.34. The molecule has 0 saturated carbocycles. The second-order valence-electron chi connectivity index (χ2n) is 4.42. The number of hydrogen-bond donors (Lipinski definition) is 1. The Hall–Kier alpha value is -1.45. The van der Waals surface area contributed by atoms with Crippen LogP contribution < -0.4 is 5.32 Å². The van der Waals surface area contributed by atoms with Gasteiger partial charge in [-0.2, -0.15) is 0 Å². The second kappa shape index (κ2) is 5.68. The van der Waals surface area contributed by atoms with Crippen molar-refractivity contribution in [3.63, 3.8) is 0 Å². The van der Waals surface area contributed by atoms with Gasteiger partial charge in [0.25, 0.3) is 0 Å². The zero-order valence-electron chi connectivity index (χ0n) is 10.7. The summed E-state index contributed by atoms with van der Waals surface area (Å²) in [7, 11) is 1.80. The van der Waals surface area contributed by atoms with Gasteiger partial charge in [-0.15, -0.1) is 0 Å². The standard InChI is InChI=1S/C15H14ClF2N/c1-9-5-15(18)12(7-14(9)17)10-3-4-13(16)11(6-10)8-19-2/h3-7,19H,8H2,1-2H3. The maximum atomic E-state index is 13.9. The second-order valence-corrected chi connectivity index (χ2v) is 4.82. The quantitative estimate of drug-likeness (QED) is 0.884. The Bertz CT molecular complexity index is 611. The first-order chi connectivity index (χ1) is 9.02. The number of benzene rings is 2. The molecule has 0 aliphatic carbocycles. The molecule has 0 aliphatic heterocycles. The molecule has 0 aromatic heterocycles. The lowest BCUT2D eigenvalue weighted by Gasteiger charge is -2.09. The largest absolute Gasteiger partial charge is 0.316 e. The summed E-state index contributed by atoms with van der Waals surface area (Å²) in [6.07, 6.45) is 0. The van der Waals surface area contributed by atoms with E-state index in [2.05, 4.69) is 5.32 Å². The highest BCUT2D eigenvalue weighted by molar-refractivity contribution is 6.31. The van der Waals surface area contributed by atoms with Crippen molar-refractivity contribution >= 4 is 11.6 Å². The number of halogens is 3. The molecule has 0 bridgehead atoms. The Labute approximate surface area is 116 Å². The van der Waals surface area contributed by atoms with Gasteiger partial charge in [0.2, 0.25) is 0 Å². The summed E-state index contributed by atoms with van der Waals surface area (Å²) in [6.45, 7) is 2.11. The van der Waals surface area contributed by atoms with E-state index in [-0.39, 0.29) is 5.56 Å². The predicted octanol–water partition coefficient (Wildman–Crippen LogP) is 4.31. The van der Waals surface area contributed by atoms with Gasteiger partial charge in [0.15, 0.2) is 0 Å². The van der Waals surface area contributed by atoms with Gasteiger partial charge >= 0.3 is 0 Å². The fourth-order valence-corrected chi connectivity index (χ4v) is 2.12. The molecule has 0 aliphatic rings. The van der Waals surface area contributed by atoms with Crippen molar-refractivity contribution in [3.8, 4) is 11.1 Å². The van der Waals surface area contributed by atoms with E-state index in [9.17, 15) is 8.78 Å². The van der Waals surface area contributed by atoms with E-state index < -0.39 is 11.6 Å². The lowest BCUT2D eigenvalue weighted by molar-refractivity contribution is 0.595. The number of hydrogen-bond acceptors (Lipinski definition) is 1. The average Bonchev–Trinajstić information content (AvgIpc) is 2.37. The van der Waals surface area contributed by atoms with Gasteiger partial charge in [-0.1, -0.05) is 17.7 Å². The maximum Gasteiger partial charge on any atom is 0.131 e. The molecule has 0 radical (unpaired) electrons. The molecule has 1 N–H and O–H groups in total. The van der Waals surface area contributed by atoms with Crippen molar-refractivity contribution in [1.82, 2.24) is 5.32 Å². The van der Waals surface area contributed by atoms with Crippen molar-refractivity contribution in [2.45, 2.75) is 13.5 Å². The molecule has 2 rings (SSSR count). The highest BCUT2D eigenvalue weighted by atomic mass is 35.5. The predicted molar refractivity (Wildman–Crippen MR) is 74.3 cm³/mol. The fourth-order valence-electron chi connectivity index (χ4n) is 1.94. The van der Waals surface area contributed by atoms with Crippen LogP contribution in [-0.4, -0.2) is 7.05 Å². The summed E-state index contributed by atoms with van der Waals surface area (Å²) < 4.78 is 27.5. The van der Waals surface area contributed by atoms with Gasteiger partial charge < -0.3 is 5.32 Å². The van der Waals surface area contributed by atoms with Crippen LogP contribution in [-0.2, 0) is 6.54 Å². The van der Waals surface area contributed by atoms with Crippen LogP contribution in [0.1, 0.15) is 11.1 Å². The normalized spacial score (nSPS) is 10.8. The monoisotopic (exact) mass is 281 g/mol. The third-order valence-electron chi connectivity index (χ3n) is 2.97. The summed E-state index contributed by atoms with van der Waals surface area (Å²) in [5.41, 5.74) is 2.01. The lowest BCUT2D eigenvalue weighted by atomic mass is 10.0. The molecule has 0 atom stereocenters. The minimum Gasteiger partial charge on any atom is -0.316 e. The highest BCUT2D eigenvalue weighted by Crippen LogP contribution is 2.28. The third kappa shape index (κ3) is 2.94. The van der Waals surface area contributed by atoms with Gasteiger partial charge in [0, 0.05) is 17.1 Å². The smallest absolute Gasteiger partial charge is 0.131 e. The minimum atomic E-state index is -0.434. The topological polar surface area (TPSA) is 12.0 Å². The number of nitrogens with one attached hydrogen (secondary N) is 1. The molecule has 1 nitrogen and oxygen atoms in total. The maximum absolute atomic E-state index is 13.9. The van der Waals surface area contributed by atoms with Crippen LogP contribution in [0.4, 0.5) is 8.78 Å². The van der Waals surface area contributed by atoms with Gasteiger partial charge in [-0.25, -0.2) is 8.78 Å². The van der Waals surface area contributed by atoms with E-state index in [1.807, 2.05) is 0 Å². The highest BCUT2D eigenvalue weighted by Gasteiger charge is 2.11. The minimum absolute atomic E-state index is 0.247. The summed E-state index contributed by atoms with van der Waals surface area (Å²) in [5, 5.41) is 3.59. The van der Waals surface area contributed by atoms with Gasteiger partial charge in [0.1, 0.15) is 11.6 Å². The van der Waals surface area contributed by atoms with Crippen molar-refractivity contribution in [3.05, 3.63) is 58.1 Å². The molecule has 0 unspecified atom stereocenters. The molecule has 0 spiro atoms. The molecule has 0 amide bonds. The summed E-state index contributed by atoms with van der Waals surface area (Å²) in [5.74, 6) is -0.849. The van der Waals surface area contributed by atoms with E-state index in [1.54, 1.807) is 25.2 Å². The van der Waals surface area contributed by atoms with Crippen LogP contribution in [0.3, 0.4) is 0 Å². The van der Waals surface area contributed by atoms with E-state index in [0.717, 1.165) is 5.56 Å². The molecular weight excluding hydrogens is 268 g/mol. The van der Waals surface area contributed by atoms with Crippen molar-refractivity contribution in [1.29, 1.82) is 0 Å². The van der Waals surface area contributed by atoms with Crippen LogP contribution in [0, 0.1) is 18.6 Å². The lowest BCUT2D eigenvalue weighted by Crippen LogP contribution is -2.05.